The maximum Gasteiger partial charge on any atom is 0.356 e. The van der Waals surface area contributed by atoms with E-state index in [4.69, 9.17) is 0 Å². The first kappa shape index (κ1) is 13.3. The van der Waals surface area contributed by atoms with Gasteiger partial charge in [0.1, 0.15) is 5.69 Å². The van der Waals surface area contributed by atoms with Crippen LogP contribution in [0.15, 0.2) is 18.3 Å². The second kappa shape index (κ2) is 5.69. The molecule has 0 bridgehead atoms. The van der Waals surface area contributed by atoms with Gasteiger partial charge in [0, 0.05) is 37.9 Å². The second-order valence-electron chi connectivity index (χ2n) is 4.58. The van der Waals surface area contributed by atoms with Crippen molar-refractivity contribution in [2.45, 2.75) is 18.9 Å². The third-order valence-electron chi connectivity index (χ3n) is 3.15. The molecule has 0 aliphatic carbocycles. The Morgan fingerprint density at radius 2 is 2.37 bits per heavy atom. The van der Waals surface area contributed by atoms with Gasteiger partial charge >= 0.3 is 5.97 Å². The molecule has 0 aromatic carbocycles. The number of pyridine rings is 1. The normalized spacial score (nSPS) is 19.2. The van der Waals surface area contributed by atoms with Gasteiger partial charge in [-0.15, -0.1) is 0 Å². The Labute approximate surface area is 111 Å². The molecular weight excluding hydrogens is 246 g/mol. The summed E-state index contributed by atoms with van der Waals surface area (Å²) in [7, 11) is 3.12. The lowest BCUT2D eigenvalue weighted by Crippen LogP contribution is -2.43. The highest BCUT2D eigenvalue weighted by Gasteiger charge is 2.22. The van der Waals surface area contributed by atoms with Crippen molar-refractivity contribution >= 4 is 17.6 Å². The zero-order chi connectivity index (χ0) is 13.8. The van der Waals surface area contributed by atoms with Crippen LogP contribution in [0.1, 0.15) is 23.3 Å². The second-order valence-corrected chi connectivity index (χ2v) is 4.58. The van der Waals surface area contributed by atoms with Crippen molar-refractivity contribution in [1.29, 1.82) is 0 Å². The Kier molecular flexibility index (Phi) is 3.99. The number of methoxy groups -OCH3 is 1. The summed E-state index contributed by atoms with van der Waals surface area (Å²) in [5.41, 5.74) is 1.08. The van der Waals surface area contributed by atoms with Crippen LogP contribution in [0.5, 0.6) is 0 Å². The predicted octanol–water partition coefficient (Wildman–Crippen LogP) is 0.901. The first-order chi connectivity index (χ1) is 9.10. The molecule has 1 aliphatic heterocycles. The highest BCUT2D eigenvalue weighted by molar-refractivity contribution is 5.88. The SMILES string of the molecule is COC(=O)c1cc(NC2CCC(=O)N(C)C2)ccn1. The third kappa shape index (κ3) is 3.21. The number of ether oxygens (including phenoxy) is 1. The minimum absolute atomic E-state index is 0.169. The summed E-state index contributed by atoms with van der Waals surface area (Å²) in [5, 5.41) is 3.31. The van der Waals surface area contributed by atoms with Crippen LogP contribution >= 0.6 is 0 Å². The number of aromatic nitrogens is 1. The van der Waals surface area contributed by atoms with E-state index < -0.39 is 5.97 Å². The zero-order valence-corrected chi connectivity index (χ0v) is 11.0. The first-order valence-corrected chi connectivity index (χ1v) is 6.15. The molecular formula is C13H17N3O3. The van der Waals surface area contributed by atoms with E-state index in [1.165, 1.54) is 7.11 Å². The highest BCUT2D eigenvalue weighted by Crippen LogP contribution is 2.16. The van der Waals surface area contributed by atoms with Gasteiger partial charge in [0.25, 0.3) is 0 Å². The number of hydrogen-bond acceptors (Lipinski definition) is 5. The summed E-state index contributed by atoms with van der Waals surface area (Å²) < 4.78 is 4.63. The molecule has 2 rings (SSSR count). The minimum atomic E-state index is -0.459. The molecule has 1 aromatic heterocycles. The molecule has 1 atom stereocenters. The predicted molar refractivity (Wildman–Crippen MR) is 69.9 cm³/mol. The number of hydrogen-bond donors (Lipinski definition) is 1. The van der Waals surface area contributed by atoms with Crippen LogP contribution in [-0.2, 0) is 9.53 Å². The van der Waals surface area contributed by atoms with Crippen molar-refractivity contribution in [3.63, 3.8) is 0 Å². The summed E-state index contributed by atoms with van der Waals surface area (Å²) in [4.78, 5) is 28.5. The number of piperidine rings is 1. The average molecular weight is 263 g/mol. The van der Waals surface area contributed by atoms with E-state index in [1.807, 2.05) is 0 Å². The van der Waals surface area contributed by atoms with Gasteiger partial charge in [-0.3, -0.25) is 4.79 Å². The summed E-state index contributed by atoms with van der Waals surface area (Å²) in [6, 6.07) is 3.64. The number of nitrogens with one attached hydrogen (secondary N) is 1. The molecule has 1 aromatic rings. The van der Waals surface area contributed by atoms with Crippen LogP contribution < -0.4 is 5.32 Å². The van der Waals surface area contributed by atoms with E-state index in [0.29, 0.717) is 13.0 Å². The molecule has 2 heterocycles. The van der Waals surface area contributed by atoms with Gasteiger partial charge in [-0.05, 0) is 18.6 Å². The molecule has 0 spiro atoms. The van der Waals surface area contributed by atoms with Crippen molar-refractivity contribution in [2.24, 2.45) is 0 Å². The molecule has 19 heavy (non-hydrogen) atoms. The van der Waals surface area contributed by atoms with Crippen molar-refractivity contribution in [3.8, 4) is 0 Å². The van der Waals surface area contributed by atoms with E-state index in [-0.39, 0.29) is 17.6 Å². The fourth-order valence-electron chi connectivity index (χ4n) is 2.10. The van der Waals surface area contributed by atoms with Crippen LogP contribution in [0.25, 0.3) is 0 Å². The lowest BCUT2D eigenvalue weighted by atomic mass is 10.1. The number of rotatable bonds is 3. The van der Waals surface area contributed by atoms with Crippen molar-refractivity contribution in [1.82, 2.24) is 9.88 Å². The number of amides is 1. The fourth-order valence-corrected chi connectivity index (χ4v) is 2.10. The Balaban J connectivity index is 2.03. The molecule has 1 fully saturated rings. The molecule has 6 heteroatoms. The molecule has 1 N–H and O–H groups in total. The van der Waals surface area contributed by atoms with E-state index in [2.05, 4.69) is 15.0 Å². The largest absolute Gasteiger partial charge is 0.464 e. The molecule has 0 saturated carbocycles. The summed E-state index contributed by atoms with van der Waals surface area (Å²) in [6.07, 6.45) is 2.90. The van der Waals surface area contributed by atoms with Crippen molar-refractivity contribution < 1.29 is 14.3 Å². The topological polar surface area (TPSA) is 71.5 Å². The fraction of sp³-hybridized carbons (Fsp3) is 0.462. The van der Waals surface area contributed by atoms with Crippen LogP contribution in [0.3, 0.4) is 0 Å². The van der Waals surface area contributed by atoms with Gasteiger partial charge in [0.15, 0.2) is 0 Å². The van der Waals surface area contributed by atoms with Gasteiger partial charge < -0.3 is 15.0 Å². The van der Waals surface area contributed by atoms with Gasteiger partial charge in [0.2, 0.25) is 5.91 Å². The lowest BCUT2D eigenvalue weighted by Gasteiger charge is -2.30. The van der Waals surface area contributed by atoms with Gasteiger partial charge in [0.05, 0.1) is 7.11 Å². The van der Waals surface area contributed by atoms with E-state index in [1.54, 1.807) is 30.3 Å². The third-order valence-corrected chi connectivity index (χ3v) is 3.15. The van der Waals surface area contributed by atoms with Gasteiger partial charge in [-0.2, -0.15) is 0 Å². The number of likely N-dealkylation sites (tertiary alicyclic amines) is 1. The molecule has 102 valence electrons. The highest BCUT2D eigenvalue weighted by atomic mass is 16.5. The van der Waals surface area contributed by atoms with Crippen LogP contribution in [0.2, 0.25) is 0 Å². The number of nitrogens with zero attached hydrogens (tertiary/aromatic N) is 2. The smallest absolute Gasteiger partial charge is 0.356 e. The van der Waals surface area contributed by atoms with Gasteiger partial charge in [-0.1, -0.05) is 0 Å². The molecule has 6 nitrogen and oxygen atoms in total. The van der Waals surface area contributed by atoms with Crippen molar-refractivity contribution in [2.75, 3.05) is 26.0 Å². The maximum atomic E-state index is 11.4. The number of esters is 1. The Hall–Kier alpha value is -2.11. The molecule has 1 aliphatic rings. The quantitative estimate of drug-likeness (QED) is 0.820. The monoisotopic (exact) mass is 263 g/mol. The van der Waals surface area contributed by atoms with E-state index in [0.717, 1.165) is 12.1 Å². The average Bonchev–Trinajstić information content (AvgIpc) is 2.42. The van der Waals surface area contributed by atoms with Gasteiger partial charge in [-0.25, -0.2) is 9.78 Å². The number of anilines is 1. The van der Waals surface area contributed by atoms with E-state index in [9.17, 15) is 9.59 Å². The molecule has 1 saturated heterocycles. The van der Waals surface area contributed by atoms with E-state index >= 15 is 0 Å². The van der Waals surface area contributed by atoms with Crippen LogP contribution in [0.4, 0.5) is 5.69 Å². The number of carbonyl (C=O) groups is 2. The Morgan fingerprint density at radius 3 is 3.05 bits per heavy atom. The molecule has 1 unspecified atom stereocenters. The number of carbonyl (C=O) groups excluding carboxylic acids is 2. The van der Waals surface area contributed by atoms with Crippen molar-refractivity contribution in [3.05, 3.63) is 24.0 Å². The lowest BCUT2D eigenvalue weighted by molar-refractivity contribution is -0.132. The maximum absolute atomic E-state index is 11.4. The first-order valence-electron chi connectivity index (χ1n) is 6.15. The zero-order valence-electron chi connectivity index (χ0n) is 11.0. The Morgan fingerprint density at radius 1 is 1.58 bits per heavy atom. The summed E-state index contributed by atoms with van der Waals surface area (Å²) >= 11 is 0. The summed E-state index contributed by atoms with van der Waals surface area (Å²) in [6.45, 7) is 0.661. The number of likely N-dealkylation sites (N-methyl/N-ethyl adjacent to an activating group) is 1. The Bertz CT molecular complexity index is 490. The molecule has 0 radical (unpaired) electrons. The minimum Gasteiger partial charge on any atom is -0.464 e. The van der Waals surface area contributed by atoms with Crippen LogP contribution in [-0.4, -0.2) is 48.5 Å². The molecule has 1 amide bonds. The standard InChI is InChI=1S/C13H17N3O3/c1-16-8-10(3-4-12(16)17)15-9-5-6-14-11(7-9)13(18)19-2/h5-7,10H,3-4,8H2,1-2H3,(H,14,15). The van der Waals surface area contributed by atoms with Crippen LogP contribution in [0, 0.1) is 0 Å². The summed E-state index contributed by atoms with van der Waals surface area (Å²) in [5.74, 6) is -0.289.